The van der Waals surface area contributed by atoms with Crippen LogP contribution in [0, 0.1) is 6.92 Å². The van der Waals surface area contributed by atoms with Crippen molar-refractivity contribution in [1.29, 1.82) is 0 Å². The van der Waals surface area contributed by atoms with Crippen LogP contribution < -0.4 is 10.6 Å². The average Bonchev–Trinajstić information content (AvgIpc) is 2.44. The Balaban J connectivity index is 2.05. The third-order valence-electron chi connectivity index (χ3n) is 3.85. The maximum absolute atomic E-state index is 5.91. The first-order chi connectivity index (χ1) is 9.70. The Morgan fingerprint density at radius 3 is 2.90 bits per heavy atom. The summed E-state index contributed by atoms with van der Waals surface area (Å²) in [5, 5.41) is 0. The number of aryl methyl sites for hydroxylation is 1. The smallest absolute Gasteiger partial charge is 0.0876 e. The predicted octanol–water partition coefficient (Wildman–Crippen LogP) is 1.48. The van der Waals surface area contributed by atoms with Crippen LogP contribution in [0.3, 0.4) is 0 Å². The first kappa shape index (κ1) is 15.3. The van der Waals surface area contributed by atoms with Gasteiger partial charge in [-0.3, -0.25) is 0 Å². The summed E-state index contributed by atoms with van der Waals surface area (Å²) in [6.45, 7) is 7.70. The van der Waals surface area contributed by atoms with Crippen molar-refractivity contribution in [3.63, 3.8) is 0 Å². The van der Waals surface area contributed by atoms with Crippen LogP contribution in [0.25, 0.3) is 0 Å². The first-order valence-corrected chi connectivity index (χ1v) is 7.51. The largest absolute Gasteiger partial charge is 0.374 e. The molecule has 1 saturated heterocycles. The Kier molecular flexibility index (Phi) is 5.83. The molecule has 1 unspecified atom stereocenters. The van der Waals surface area contributed by atoms with Gasteiger partial charge < -0.3 is 20.3 Å². The van der Waals surface area contributed by atoms with Gasteiger partial charge in [0.2, 0.25) is 0 Å². The topological polar surface area (TPSA) is 41.7 Å². The van der Waals surface area contributed by atoms with E-state index in [1.807, 2.05) is 0 Å². The molecule has 2 rings (SSSR count). The molecule has 112 valence electrons. The number of likely N-dealkylation sites (N-methyl/N-ethyl adjacent to an activating group) is 1. The van der Waals surface area contributed by atoms with Crippen LogP contribution >= 0.6 is 0 Å². The number of rotatable bonds is 6. The summed E-state index contributed by atoms with van der Waals surface area (Å²) in [6.07, 6.45) is 1.29. The van der Waals surface area contributed by atoms with E-state index in [1.165, 1.54) is 11.3 Å². The van der Waals surface area contributed by atoms with E-state index in [4.69, 9.17) is 10.5 Å². The Hall–Kier alpha value is -1.10. The van der Waals surface area contributed by atoms with Crippen LogP contribution in [0.4, 0.5) is 5.69 Å². The number of ether oxygens (including phenoxy) is 1. The van der Waals surface area contributed by atoms with Gasteiger partial charge in [-0.1, -0.05) is 18.2 Å². The fourth-order valence-electron chi connectivity index (χ4n) is 2.73. The molecular formula is C16H27N3O. The highest BCUT2D eigenvalue weighted by atomic mass is 16.5. The Bertz CT molecular complexity index is 410. The first-order valence-electron chi connectivity index (χ1n) is 7.51. The van der Waals surface area contributed by atoms with Gasteiger partial charge >= 0.3 is 0 Å². The van der Waals surface area contributed by atoms with E-state index < -0.39 is 0 Å². The van der Waals surface area contributed by atoms with E-state index in [-0.39, 0.29) is 6.10 Å². The lowest BCUT2D eigenvalue weighted by molar-refractivity contribution is -0.0147. The van der Waals surface area contributed by atoms with Crippen LogP contribution in [-0.2, 0) is 4.74 Å². The van der Waals surface area contributed by atoms with Crippen molar-refractivity contribution in [2.24, 2.45) is 5.73 Å². The van der Waals surface area contributed by atoms with Gasteiger partial charge in [0.15, 0.2) is 0 Å². The number of para-hydroxylation sites is 1. The molecule has 1 heterocycles. The van der Waals surface area contributed by atoms with Crippen molar-refractivity contribution in [2.75, 3.05) is 51.3 Å². The van der Waals surface area contributed by atoms with Gasteiger partial charge in [-0.2, -0.15) is 0 Å². The highest BCUT2D eigenvalue weighted by Gasteiger charge is 2.21. The summed E-state index contributed by atoms with van der Waals surface area (Å²) in [7, 11) is 2.16. The maximum atomic E-state index is 5.91. The Morgan fingerprint density at radius 2 is 2.20 bits per heavy atom. The number of anilines is 1. The second kappa shape index (κ2) is 7.62. The van der Waals surface area contributed by atoms with Crippen LogP contribution in [-0.4, -0.2) is 57.4 Å². The molecule has 1 atom stereocenters. The molecule has 0 saturated carbocycles. The van der Waals surface area contributed by atoms with Crippen LogP contribution in [0.2, 0.25) is 0 Å². The zero-order valence-corrected chi connectivity index (χ0v) is 12.7. The van der Waals surface area contributed by atoms with Crippen molar-refractivity contribution in [1.82, 2.24) is 4.90 Å². The molecule has 4 heteroatoms. The monoisotopic (exact) mass is 277 g/mol. The van der Waals surface area contributed by atoms with Crippen molar-refractivity contribution < 1.29 is 4.74 Å². The van der Waals surface area contributed by atoms with Crippen molar-refractivity contribution in [3.05, 3.63) is 29.8 Å². The molecule has 1 aromatic carbocycles. The third-order valence-corrected chi connectivity index (χ3v) is 3.85. The quantitative estimate of drug-likeness (QED) is 0.855. The number of hydrogen-bond acceptors (Lipinski definition) is 4. The van der Waals surface area contributed by atoms with E-state index in [0.29, 0.717) is 0 Å². The van der Waals surface area contributed by atoms with Gasteiger partial charge in [0.05, 0.1) is 12.7 Å². The number of nitrogens with two attached hydrogens (primary N) is 1. The van der Waals surface area contributed by atoms with Crippen molar-refractivity contribution in [3.8, 4) is 0 Å². The number of hydrogen-bond donors (Lipinski definition) is 1. The Morgan fingerprint density at radius 1 is 1.40 bits per heavy atom. The van der Waals surface area contributed by atoms with E-state index in [2.05, 4.69) is 48.0 Å². The zero-order valence-electron chi connectivity index (χ0n) is 12.7. The third kappa shape index (κ3) is 4.20. The second-order valence-corrected chi connectivity index (χ2v) is 5.63. The summed E-state index contributed by atoms with van der Waals surface area (Å²) in [5.41, 5.74) is 8.30. The van der Waals surface area contributed by atoms with Gasteiger partial charge in [0.1, 0.15) is 0 Å². The maximum Gasteiger partial charge on any atom is 0.0876 e. The molecular weight excluding hydrogens is 250 g/mol. The minimum atomic E-state index is 0.283. The molecule has 0 spiro atoms. The van der Waals surface area contributed by atoms with Gasteiger partial charge in [-0.15, -0.1) is 0 Å². The lowest BCUT2D eigenvalue weighted by Gasteiger charge is -2.35. The lowest BCUT2D eigenvalue weighted by Crippen LogP contribution is -2.46. The molecule has 0 aromatic heterocycles. The molecule has 1 fully saturated rings. The highest BCUT2D eigenvalue weighted by molar-refractivity contribution is 5.53. The van der Waals surface area contributed by atoms with Gasteiger partial charge in [-0.05, 0) is 38.6 Å². The predicted molar refractivity (Wildman–Crippen MR) is 84.3 cm³/mol. The second-order valence-electron chi connectivity index (χ2n) is 5.63. The Labute approximate surface area is 122 Å². The molecule has 0 amide bonds. The molecule has 0 aliphatic carbocycles. The van der Waals surface area contributed by atoms with E-state index in [9.17, 15) is 0 Å². The molecule has 0 bridgehead atoms. The number of morpholine rings is 1. The van der Waals surface area contributed by atoms with Crippen molar-refractivity contribution in [2.45, 2.75) is 19.4 Å². The van der Waals surface area contributed by atoms with E-state index in [1.54, 1.807) is 0 Å². The van der Waals surface area contributed by atoms with Crippen LogP contribution in [0.1, 0.15) is 12.0 Å². The van der Waals surface area contributed by atoms with E-state index >= 15 is 0 Å². The summed E-state index contributed by atoms with van der Waals surface area (Å²) in [4.78, 5) is 4.76. The SMILES string of the molecule is Cc1ccccc1N(CCCN)CC1CN(C)CCO1. The fourth-order valence-corrected chi connectivity index (χ4v) is 2.73. The number of benzene rings is 1. The molecule has 20 heavy (non-hydrogen) atoms. The number of nitrogens with zero attached hydrogens (tertiary/aromatic N) is 2. The summed E-state index contributed by atoms with van der Waals surface area (Å²) >= 11 is 0. The van der Waals surface area contributed by atoms with Crippen molar-refractivity contribution >= 4 is 5.69 Å². The standard InChI is InChI=1S/C16H27N3O/c1-14-6-3-4-7-16(14)19(9-5-8-17)13-15-12-18(2)10-11-20-15/h3-4,6-7,15H,5,8-13,17H2,1-2H3. The lowest BCUT2D eigenvalue weighted by atomic mass is 10.1. The van der Waals surface area contributed by atoms with E-state index in [0.717, 1.165) is 45.8 Å². The summed E-state index contributed by atoms with van der Waals surface area (Å²) in [6, 6.07) is 8.55. The summed E-state index contributed by atoms with van der Waals surface area (Å²) < 4.78 is 5.91. The molecule has 1 aliphatic rings. The van der Waals surface area contributed by atoms with Gasteiger partial charge in [0.25, 0.3) is 0 Å². The normalized spacial score (nSPS) is 20.1. The summed E-state index contributed by atoms with van der Waals surface area (Å²) in [5.74, 6) is 0. The highest BCUT2D eigenvalue weighted by Crippen LogP contribution is 2.21. The van der Waals surface area contributed by atoms with Crippen LogP contribution in [0.5, 0.6) is 0 Å². The van der Waals surface area contributed by atoms with Gasteiger partial charge in [-0.25, -0.2) is 0 Å². The molecule has 1 aliphatic heterocycles. The minimum absolute atomic E-state index is 0.283. The van der Waals surface area contributed by atoms with Crippen LogP contribution in [0.15, 0.2) is 24.3 Å². The molecule has 0 radical (unpaired) electrons. The zero-order chi connectivity index (χ0) is 14.4. The molecule has 4 nitrogen and oxygen atoms in total. The average molecular weight is 277 g/mol. The molecule has 1 aromatic rings. The fraction of sp³-hybridized carbons (Fsp3) is 0.625. The minimum Gasteiger partial charge on any atom is -0.374 e. The van der Waals surface area contributed by atoms with Gasteiger partial charge in [0, 0.05) is 31.9 Å². The molecule has 2 N–H and O–H groups in total.